The van der Waals surface area contributed by atoms with Gasteiger partial charge in [0.25, 0.3) is 0 Å². The average molecular weight is 516 g/mol. The van der Waals surface area contributed by atoms with Crippen LogP contribution in [-0.4, -0.2) is 25.5 Å². The van der Waals surface area contributed by atoms with Crippen LogP contribution >= 0.6 is 11.3 Å². The number of carbonyl (C=O) groups excluding carboxylic acids is 2. The number of benzene rings is 1. The van der Waals surface area contributed by atoms with Crippen molar-refractivity contribution in [2.45, 2.75) is 32.6 Å². The summed E-state index contributed by atoms with van der Waals surface area (Å²) in [6.45, 7) is 1.88. The van der Waals surface area contributed by atoms with Crippen LogP contribution in [0.3, 0.4) is 0 Å². The largest absolute Gasteiger partial charge is 1.00 e. The molecule has 1 N–H and O–H groups in total. The van der Waals surface area contributed by atoms with E-state index in [2.05, 4.69) is 5.32 Å². The standard InChI is InChI=1S/C25H23N3O5S.K/c1-3-33-25(31)22-18-6-4-5-7-21(18)34-24(22)28-19(23(30)16(13-26)14-27)12-20(29)15-8-10-17(32-2)11-9-15;/h8-12,28,30H,3-7H2,1-2H3;/q;+1/p-1/b19-12-;. The van der Waals surface area contributed by atoms with Crippen molar-refractivity contribution in [2.75, 3.05) is 19.0 Å². The molecule has 10 heteroatoms. The number of nitrogens with one attached hydrogen (secondary N) is 1. The molecule has 0 saturated carbocycles. The fourth-order valence-corrected chi connectivity index (χ4v) is 4.87. The number of carbonyl (C=O) groups is 2. The number of nitrogens with zero attached hydrogens (tertiary/aromatic N) is 2. The zero-order valence-corrected chi connectivity index (χ0v) is 23.7. The first-order chi connectivity index (χ1) is 16.4. The second-order valence-corrected chi connectivity index (χ2v) is 8.44. The van der Waals surface area contributed by atoms with Gasteiger partial charge in [0, 0.05) is 22.2 Å². The zero-order chi connectivity index (χ0) is 24.7. The van der Waals surface area contributed by atoms with Gasteiger partial charge in [0.05, 0.1) is 19.3 Å². The molecule has 8 nitrogen and oxygen atoms in total. The Bertz CT molecular complexity index is 1230. The summed E-state index contributed by atoms with van der Waals surface area (Å²) in [5.41, 5.74) is 0.519. The normalized spacial score (nSPS) is 12.2. The molecule has 1 aromatic heterocycles. The van der Waals surface area contributed by atoms with E-state index in [9.17, 15) is 25.2 Å². The minimum atomic E-state index is -0.937. The number of aryl methyl sites for hydroxylation is 1. The molecular formula is C25H22KN3O5S. The number of ketones is 1. The number of esters is 1. The number of rotatable bonds is 8. The third kappa shape index (κ3) is 6.82. The first-order valence-electron chi connectivity index (χ1n) is 10.6. The molecule has 1 aromatic carbocycles. The Hall–Kier alpha value is -2.44. The molecule has 1 heterocycles. The summed E-state index contributed by atoms with van der Waals surface area (Å²) in [7, 11) is 1.50. The molecule has 0 fully saturated rings. The van der Waals surface area contributed by atoms with Crippen LogP contribution in [0.25, 0.3) is 0 Å². The number of allylic oxidation sites excluding steroid dienone is 2. The molecule has 35 heavy (non-hydrogen) atoms. The summed E-state index contributed by atoms with van der Waals surface area (Å²) >= 11 is 1.31. The van der Waals surface area contributed by atoms with E-state index >= 15 is 0 Å². The van der Waals surface area contributed by atoms with Gasteiger partial charge < -0.3 is 19.9 Å². The number of anilines is 1. The van der Waals surface area contributed by atoms with E-state index < -0.39 is 23.1 Å². The Morgan fingerprint density at radius 1 is 1.17 bits per heavy atom. The van der Waals surface area contributed by atoms with Crippen LogP contribution in [0.5, 0.6) is 5.75 Å². The smallest absolute Gasteiger partial charge is 0.870 e. The topological polar surface area (TPSA) is 135 Å². The van der Waals surface area contributed by atoms with Crippen LogP contribution in [0.4, 0.5) is 5.00 Å². The van der Waals surface area contributed by atoms with Crippen LogP contribution in [0.1, 0.15) is 50.9 Å². The van der Waals surface area contributed by atoms with Gasteiger partial charge >= 0.3 is 57.4 Å². The van der Waals surface area contributed by atoms with Gasteiger partial charge in [0.1, 0.15) is 28.5 Å². The van der Waals surface area contributed by atoms with Gasteiger partial charge in [-0.2, -0.15) is 10.5 Å². The molecule has 3 rings (SSSR count). The Kier molecular flexibility index (Phi) is 11.2. The maximum absolute atomic E-state index is 12.9. The van der Waals surface area contributed by atoms with Crippen LogP contribution < -0.4 is 66.5 Å². The number of methoxy groups -OCH3 is 1. The minimum Gasteiger partial charge on any atom is -0.870 e. The summed E-state index contributed by atoms with van der Waals surface area (Å²) in [4.78, 5) is 26.7. The number of fused-ring (bicyclic) bond motifs is 1. The Morgan fingerprint density at radius 2 is 1.83 bits per heavy atom. The fraction of sp³-hybridized carbons (Fsp3) is 0.280. The number of thiophene rings is 1. The molecule has 2 aromatic rings. The quantitative estimate of drug-likeness (QED) is 0.103. The van der Waals surface area contributed by atoms with Gasteiger partial charge in [-0.3, -0.25) is 4.79 Å². The summed E-state index contributed by atoms with van der Waals surface area (Å²) < 4.78 is 10.3. The van der Waals surface area contributed by atoms with Gasteiger partial charge in [0.2, 0.25) is 0 Å². The van der Waals surface area contributed by atoms with Crippen molar-refractivity contribution >= 4 is 28.1 Å². The number of ether oxygens (including phenoxy) is 2. The third-order valence-electron chi connectivity index (χ3n) is 5.24. The summed E-state index contributed by atoms with van der Waals surface area (Å²) in [6, 6.07) is 9.40. The molecule has 0 unspecified atom stereocenters. The van der Waals surface area contributed by atoms with E-state index in [0.717, 1.165) is 35.8 Å². The third-order valence-corrected chi connectivity index (χ3v) is 6.45. The van der Waals surface area contributed by atoms with Gasteiger partial charge in [-0.05, 0) is 62.4 Å². The van der Waals surface area contributed by atoms with E-state index in [-0.39, 0.29) is 69.3 Å². The SMILES string of the molecule is CCOC(=O)c1c(N/C(=C\C(=O)c2ccc(OC)cc2)C([O-])=C(C#N)C#N)sc2c1CCCC2.[K+]. The van der Waals surface area contributed by atoms with E-state index in [4.69, 9.17) is 9.47 Å². The average Bonchev–Trinajstić information content (AvgIpc) is 3.22. The van der Waals surface area contributed by atoms with E-state index in [1.54, 1.807) is 31.2 Å². The number of hydrogen-bond acceptors (Lipinski definition) is 9. The van der Waals surface area contributed by atoms with E-state index in [1.807, 2.05) is 0 Å². The van der Waals surface area contributed by atoms with E-state index in [0.29, 0.717) is 22.7 Å². The van der Waals surface area contributed by atoms with E-state index in [1.165, 1.54) is 30.6 Å². The Balaban J connectivity index is 0.00000432. The summed E-state index contributed by atoms with van der Waals surface area (Å²) in [5.74, 6) is -1.42. The predicted octanol–water partition coefficient (Wildman–Crippen LogP) is 0.656. The fourth-order valence-electron chi connectivity index (χ4n) is 3.58. The van der Waals surface area contributed by atoms with Crippen molar-refractivity contribution in [3.05, 3.63) is 68.9 Å². The Morgan fingerprint density at radius 3 is 2.43 bits per heavy atom. The van der Waals surface area contributed by atoms with Crippen molar-refractivity contribution in [2.24, 2.45) is 0 Å². The molecule has 1 aliphatic carbocycles. The van der Waals surface area contributed by atoms with Gasteiger partial charge in [-0.1, -0.05) is 5.76 Å². The number of hydrogen-bond donors (Lipinski definition) is 1. The summed E-state index contributed by atoms with van der Waals surface area (Å²) in [5, 5.41) is 34.6. The van der Waals surface area contributed by atoms with Crippen molar-refractivity contribution in [3.63, 3.8) is 0 Å². The molecule has 0 amide bonds. The monoisotopic (exact) mass is 515 g/mol. The van der Waals surface area contributed by atoms with Crippen molar-refractivity contribution in [3.8, 4) is 17.9 Å². The van der Waals surface area contributed by atoms with Gasteiger partial charge in [0.15, 0.2) is 5.78 Å². The van der Waals surface area contributed by atoms with Gasteiger partial charge in [-0.15, -0.1) is 11.3 Å². The van der Waals surface area contributed by atoms with Crippen LogP contribution in [0.15, 0.2) is 47.4 Å². The maximum Gasteiger partial charge on any atom is 1.00 e. The van der Waals surface area contributed by atoms with Crippen molar-refractivity contribution < 1.29 is 75.6 Å². The molecule has 1 aliphatic rings. The molecule has 0 bridgehead atoms. The minimum absolute atomic E-state index is 0. The number of nitriles is 2. The Labute approximate surface area is 250 Å². The maximum atomic E-state index is 12.9. The van der Waals surface area contributed by atoms with Gasteiger partial charge in [-0.25, -0.2) is 4.79 Å². The molecule has 0 spiro atoms. The van der Waals surface area contributed by atoms with Crippen LogP contribution in [0.2, 0.25) is 0 Å². The molecule has 0 aliphatic heterocycles. The first kappa shape index (κ1) is 28.8. The first-order valence-corrected chi connectivity index (χ1v) is 11.5. The van der Waals surface area contributed by atoms with Crippen LogP contribution in [-0.2, 0) is 17.6 Å². The van der Waals surface area contributed by atoms with Crippen LogP contribution in [0, 0.1) is 22.7 Å². The molecule has 0 atom stereocenters. The zero-order valence-electron chi connectivity index (χ0n) is 19.8. The van der Waals surface area contributed by atoms with Crippen molar-refractivity contribution in [1.82, 2.24) is 0 Å². The molecule has 0 radical (unpaired) electrons. The summed E-state index contributed by atoms with van der Waals surface area (Å²) in [6.07, 6.45) is 4.43. The molecule has 174 valence electrons. The molecular weight excluding hydrogens is 493 g/mol. The second kappa shape index (κ2) is 13.6. The van der Waals surface area contributed by atoms with Crippen molar-refractivity contribution in [1.29, 1.82) is 10.5 Å². The predicted molar refractivity (Wildman–Crippen MR) is 124 cm³/mol. The molecule has 0 saturated heterocycles. The second-order valence-electron chi connectivity index (χ2n) is 7.34.